The van der Waals surface area contributed by atoms with Gasteiger partial charge < -0.3 is 20.6 Å². The van der Waals surface area contributed by atoms with Crippen LogP contribution in [0.5, 0.6) is 11.5 Å². The van der Waals surface area contributed by atoms with E-state index in [-0.39, 0.29) is 16.8 Å². The van der Waals surface area contributed by atoms with Gasteiger partial charge in [-0.3, -0.25) is 9.59 Å². The fourth-order valence-corrected chi connectivity index (χ4v) is 2.89. The molecular weight excluding hydrogens is 346 g/mol. The summed E-state index contributed by atoms with van der Waals surface area (Å²) in [5.41, 5.74) is 0.332. The molecule has 2 aromatic rings. The topological polar surface area (TPSA) is 121 Å². The molecule has 1 aromatic carbocycles. The monoisotopic (exact) mass is 363 g/mol. The van der Waals surface area contributed by atoms with Gasteiger partial charge in [-0.25, -0.2) is 0 Å². The van der Waals surface area contributed by atoms with Crippen LogP contribution < -0.4 is 26.2 Å². The molecule has 0 bridgehead atoms. The van der Waals surface area contributed by atoms with Crippen LogP contribution in [0.25, 0.3) is 0 Å². The molecule has 0 unspecified atom stereocenters. The number of carbonyl (C=O) groups is 1. The molecule has 1 aliphatic rings. The number of fused-ring (bicyclic) bond motifs is 1. The van der Waals surface area contributed by atoms with Crippen LogP contribution in [-0.4, -0.2) is 39.2 Å². The fourth-order valence-electron chi connectivity index (χ4n) is 2.13. The van der Waals surface area contributed by atoms with Gasteiger partial charge in [0.1, 0.15) is 18.9 Å². The number of nitrogens with one attached hydrogen (secondary N) is 1. The highest BCUT2D eigenvalue weighted by Gasteiger charge is 2.19. The molecular formula is C15H17N5O4S. The molecule has 3 rings (SSSR count). The second-order valence-corrected chi connectivity index (χ2v) is 6.66. The minimum absolute atomic E-state index is 0.167. The van der Waals surface area contributed by atoms with Crippen LogP contribution in [0.2, 0.25) is 0 Å². The molecule has 3 N–H and O–H groups in total. The van der Waals surface area contributed by atoms with Crippen LogP contribution >= 0.6 is 11.8 Å². The fraction of sp³-hybridized carbons (Fsp3) is 0.333. The molecule has 1 atom stereocenters. The van der Waals surface area contributed by atoms with Crippen LogP contribution in [0.3, 0.4) is 0 Å². The molecule has 25 heavy (non-hydrogen) atoms. The molecule has 1 amide bonds. The number of rotatable bonds is 4. The number of thioether (sulfide) groups is 1. The average Bonchev–Trinajstić information content (AvgIpc) is 2.62. The van der Waals surface area contributed by atoms with Gasteiger partial charge in [0.2, 0.25) is 11.1 Å². The lowest BCUT2D eigenvalue weighted by atomic mass is 10.2. The van der Waals surface area contributed by atoms with E-state index in [9.17, 15) is 9.59 Å². The molecule has 9 nitrogen and oxygen atoms in total. The summed E-state index contributed by atoms with van der Waals surface area (Å²) in [6.07, 6.45) is 0. The van der Waals surface area contributed by atoms with E-state index in [1.807, 2.05) is 0 Å². The third kappa shape index (κ3) is 3.68. The second-order valence-electron chi connectivity index (χ2n) is 5.35. The van der Waals surface area contributed by atoms with Gasteiger partial charge in [0.05, 0.1) is 5.25 Å². The van der Waals surface area contributed by atoms with E-state index in [4.69, 9.17) is 15.3 Å². The molecule has 132 valence electrons. The van der Waals surface area contributed by atoms with E-state index < -0.39 is 10.8 Å². The smallest absolute Gasteiger partial charge is 0.294 e. The van der Waals surface area contributed by atoms with Crippen molar-refractivity contribution in [2.45, 2.75) is 24.3 Å². The van der Waals surface area contributed by atoms with E-state index in [0.717, 1.165) is 16.4 Å². The summed E-state index contributed by atoms with van der Waals surface area (Å²) >= 11 is 1.05. The Bertz CT molecular complexity index is 869. The zero-order valence-corrected chi connectivity index (χ0v) is 14.5. The second kappa shape index (κ2) is 7.01. The minimum Gasteiger partial charge on any atom is -0.486 e. The van der Waals surface area contributed by atoms with Crippen molar-refractivity contribution in [3.8, 4) is 11.5 Å². The highest BCUT2D eigenvalue weighted by Crippen LogP contribution is 2.32. The van der Waals surface area contributed by atoms with Crippen molar-refractivity contribution < 1.29 is 14.3 Å². The molecule has 1 aliphatic heterocycles. The normalized spacial score (nSPS) is 14.0. The van der Waals surface area contributed by atoms with Crippen molar-refractivity contribution in [3.05, 3.63) is 34.2 Å². The van der Waals surface area contributed by atoms with E-state index in [1.54, 1.807) is 25.1 Å². The first-order chi connectivity index (χ1) is 12.0. The van der Waals surface area contributed by atoms with E-state index in [0.29, 0.717) is 30.4 Å². The zero-order chi connectivity index (χ0) is 18.0. The molecule has 2 heterocycles. The van der Waals surface area contributed by atoms with Gasteiger partial charge >= 0.3 is 0 Å². The number of nitrogens with zero attached hydrogens (tertiary/aromatic N) is 3. The molecule has 0 fully saturated rings. The number of ether oxygens (including phenoxy) is 2. The Morgan fingerprint density at radius 2 is 2.04 bits per heavy atom. The van der Waals surface area contributed by atoms with Crippen molar-refractivity contribution in [2.24, 2.45) is 0 Å². The van der Waals surface area contributed by atoms with Gasteiger partial charge in [0.25, 0.3) is 5.56 Å². The lowest BCUT2D eigenvalue weighted by Crippen LogP contribution is -2.33. The van der Waals surface area contributed by atoms with Crippen molar-refractivity contribution in [2.75, 3.05) is 24.4 Å². The molecule has 0 radical (unpaired) electrons. The Morgan fingerprint density at radius 3 is 2.80 bits per heavy atom. The molecule has 0 saturated carbocycles. The number of amides is 1. The molecule has 0 saturated heterocycles. The van der Waals surface area contributed by atoms with Gasteiger partial charge in [0.15, 0.2) is 11.5 Å². The van der Waals surface area contributed by atoms with E-state index in [1.165, 1.54) is 6.92 Å². The number of hydrogen-bond acceptors (Lipinski definition) is 8. The predicted molar refractivity (Wildman–Crippen MR) is 92.6 cm³/mol. The molecule has 0 spiro atoms. The van der Waals surface area contributed by atoms with Crippen molar-refractivity contribution in [3.63, 3.8) is 0 Å². The first-order valence-corrected chi connectivity index (χ1v) is 8.42. The van der Waals surface area contributed by atoms with E-state index >= 15 is 0 Å². The maximum Gasteiger partial charge on any atom is 0.294 e. The van der Waals surface area contributed by atoms with Crippen LogP contribution in [0.15, 0.2) is 28.2 Å². The lowest BCUT2D eigenvalue weighted by molar-refractivity contribution is -0.115. The zero-order valence-electron chi connectivity index (χ0n) is 13.7. The van der Waals surface area contributed by atoms with Crippen molar-refractivity contribution in [1.82, 2.24) is 14.9 Å². The third-order valence-electron chi connectivity index (χ3n) is 3.48. The summed E-state index contributed by atoms with van der Waals surface area (Å²) in [6.45, 7) is 4.18. The maximum absolute atomic E-state index is 12.4. The van der Waals surface area contributed by atoms with Gasteiger partial charge in [-0.05, 0) is 26.0 Å². The summed E-state index contributed by atoms with van der Waals surface area (Å²) in [5.74, 6) is 6.65. The SMILES string of the molecule is Cc1nnc(S[C@@H](C)C(=O)Nc2ccc3c(c2)OCCO3)n(N)c1=O. The number of aryl methyl sites for hydroxylation is 1. The number of nitrogens with two attached hydrogens (primary N) is 1. The van der Waals surface area contributed by atoms with Gasteiger partial charge in [-0.2, -0.15) is 4.68 Å². The van der Waals surface area contributed by atoms with E-state index in [2.05, 4.69) is 15.5 Å². The predicted octanol–water partition coefficient (Wildman–Crippen LogP) is 0.551. The number of carbonyl (C=O) groups excluding carboxylic acids is 1. The Labute approximate surface area is 147 Å². The summed E-state index contributed by atoms with van der Waals surface area (Å²) in [6, 6.07) is 5.17. The molecule has 1 aromatic heterocycles. The number of nitrogen functional groups attached to an aromatic ring is 1. The summed E-state index contributed by atoms with van der Waals surface area (Å²) in [7, 11) is 0. The highest BCUT2D eigenvalue weighted by atomic mass is 32.2. The Hall–Kier alpha value is -2.75. The number of aromatic nitrogens is 3. The van der Waals surface area contributed by atoms with Crippen molar-refractivity contribution in [1.29, 1.82) is 0 Å². The maximum atomic E-state index is 12.4. The first kappa shape index (κ1) is 17.1. The Morgan fingerprint density at radius 1 is 1.32 bits per heavy atom. The Balaban J connectivity index is 1.69. The summed E-state index contributed by atoms with van der Waals surface area (Å²) < 4.78 is 11.8. The lowest BCUT2D eigenvalue weighted by Gasteiger charge is -2.19. The van der Waals surface area contributed by atoms with Crippen LogP contribution in [0.4, 0.5) is 5.69 Å². The van der Waals surface area contributed by atoms with Crippen LogP contribution in [0.1, 0.15) is 12.6 Å². The summed E-state index contributed by atoms with van der Waals surface area (Å²) in [4.78, 5) is 24.1. The number of anilines is 1. The quantitative estimate of drug-likeness (QED) is 0.597. The number of benzene rings is 1. The largest absolute Gasteiger partial charge is 0.486 e. The van der Waals surface area contributed by atoms with Crippen molar-refractivity contribution >= 4 is 23.4 Å². The summed E-state index contributed by atoms with van der Waals surface area (Å²) in [5, 5.41) is 10.0. The van der Waals surface area contributed by atoms with Gasteiger partial charge in [-0.15, -0.1) is 10.2 Å². The van der Waals surface area contributed by atoms with Crippen LogP contribution in [-0.2, 0) is 4.79 Å². The molecule has 0 aliphatic carbocycles. The molecule has 10 heteroatoms. The minimum atomic E-state index is -0.542. The standard InChI is InChI=1S/C15H17N5O4S/c1-8-14(22)20(16)15(19-18-8)25-9(2)13(21)17-10-3-4-11-12(7-10)24-6-5-23-11/h3-4,7,9H,5-6,16H2,1-2H3,(H,17,21)/t9-/m0/s1. The Kier molecular flexibility index (Phi) is 4.79. The van der Waals surface area contributed by atoms with Crippen LogP contribution in [0, 0.1) is 6.92 Å². The van der Waals surface area contributed by atoms with Gasteiger partial charge in [-0.1, -0.05) is 11.8 Å². The average molecular weight is 363 g/mol. The number of hydrogen-bond donors (Lipinski definition) is 2. The third-order valence-corrected chi connectivity index (χ3v) is 4.54. The first-order valence-electron chi connectivity index (χ1n) is 7.54. The highest BCUT2D eigenvalue weighted by molar-refractivity contribution is 8.00. The van der Waals surface area contributed by atoms with Gasteiger partial charge in [0, 0.05) is 11.8 Å².